The topological polar surface area (TPSA) is 25.8 Å². The molecule has 5 rings (SSSR count). The van der Waals surface area contributed by atoms with Gasteiger partial charge in [0.25, 0.3) is 0 Å². The van der Waals surface area contributed by atoms with Crippen LogP contribution in [0.4, 0.5) is 0 Å². The molecule has 0 aliphatic carbocycles. The quantitative estimate of drug-likeness (QED) is 0.363. The fourth-order valence-electron chi connectivity index (χ4n) is 2.38. The SMILES string of the molecule is c1cc2sccc2cn1.c1ccc2c(c1)sc1ccncc12. The maximum absolute atomic E-state index is 4.14. The Kier molecular flexibility index (Phi) is 3.54. The van der Waals surface area contributed by atoms with Crippen LogP contribution in [0.3, 0.4) is 0 Å². The van der Waals surface area contributed by atoms with Gasteiger partial charge in [-0.1, -0.05) is 18.2 Å². The summed E-state index contributed by atoms with van der Waals surface area (Å²) in [6, 6.07) is 14.6. The van der Waals surface area contributed by atoms with E-state index in [4.69, 9.17) is 0 Å². The summed E-state index contributed by atoms with van der Waals surface area (Å²) in [6.07, 6.45) is 7.48. The molecule has 0 fully saturated rings. The van der Waals surface area contributed by atoms with Crippen LogP contribution in [-0.4, -0.2) is 9.97 Å². The number of hydrogen-bond acceptors (Lipinski definition) is 4. The Bertz CT molecular complexity index is 966. The van der Waals surface area contributed by atoms with Gasteiger partial charge in [0.15, 0.2) is 0 Å². The third-order valence-corrected chi connectivity index (χ3v) is 5.48. The smallest absolute Gasteiger partial charge is 0.0386 e. The number of nitrogens with zero attached hydrogens (tertiary/aromatic N) is 2. The molecule has 0 aliphatic rings. The highest BCUT2D eigenvalue weighted by Gasteiger charge is 2.02. The van der Waals surface area contributed by atoms with Crippen molar-refractivity contribution in [3.63, 3.8) is 0 Å². The summed E-state index contributed by atoms with van der Waals surface area (Å²) in [6.45, 7) is 0. The van der Waals surface area contributed by atoms with Gasteiger partial charge < -0.3 is 0 Å². The van der Waals surface area contributed by atoms with Crippen molar-refractivity contribution < 1.29 is 0 Å². The minimum absolute atomic E-state index is 1.24. The van der Waals surface area contributed by atoms with Crippen molar-refractivity contribution in [3.05, 3.63) is 72.6 Å². The van der Waals surface area contributed by atoms with E-state index in [0.717, 1.165) is 0 Å². The van der Waals surface area contributed by atoms with Gasteiger partial charge in [0.05, 0.1) is 0 Å². The van der Waals surface area contributed by atoms with Gasteiger partial charge in [-0.25, -0.2) is 0 Å². The lowest BCUT2D eigenvalue weighted by Crippen LogP contribution is -1.67. The second-order valence-electron chi connectivity index (χ2n) is 4.80. The summed E-state index contributed by atoms with van der Waals surface area (Å²) < 4.78 is 3.96. The van der Waals surface area contributed by atoms with Crippen molar-refractivity contribution >= 4 is 52.9 Å². The summed E-state index contributed by atoms with van der Waals surface area (Å²) in [4.78, 5) is 8.13. The highest BCUT2D eigenvalue weighted by molar-refractivity contribution is 7.25. The monoisotopic (exact) mass is 320 g/mol. The molecule has 0 N–H and O–H groups in total. The van der Waals surface area contributed by atoms with E-state index in [1.54, 1.807) is 11.3 Å². The van der Waals surface area contributed by atoms with Crippen LogP contribution in [0.25, 0.3) is 30.3 Å². The lowest BCUT2D eigenvalue weighted by molar-refractivity contribution is 1.37. The molecule has 5 aromatic rings. The van der Waals surface area contributed by atoms with Crippen LogP contribution in [0.1, 0.15) is 0 Å². The molecule has 4 heteroatoms. The van der Waals surface area contributed by atoms with Gasteiger partial charge in [-0.2, -0.15) is 0 Å². The van der Waals surface area contributed by atoms with Gasteiger partial charge in [-0.3, -0.25) is 9.97 Å². The Balaban J connectivity index is 0.000000122. The first-order chi connectivity index (χ1) is 10.9. The van der Waals surface area contributed by atoms with Gasteiger partial charge in [-0.15, -0.1) is 22.7 Å². The van der Waals surface area contributed by atoms with E-state index >= 15 is 0 Å². The average Bonchev–Trinajstić information content (AvgIpc) is 3.19. The minimum atomic E-state index is 1.24. The van der Waals surface area contributed by atoms with Crippen LogP contribution in [-0.2, 0) is 0 Å². The lowest BCUT2D eigenvalue weighted by Gasteiger charge is -1.87. The summed E-state index contributed by atoms with van der Waals surface area (Å²) in [5, 5.41) is 5.90. The summed E-state index contributed by atoms with van der Waals surface area (Å²) in [5.74, 6) is 0. The van der Waals surface area contributed by atoms with Crippen molar-refractivity contribution in [2.24, 2.45) is 0 Å². The Morgan fingerprint density at radius 3 is 2.36 bits per heavy atom. The van der Waals surface area contributed by atoms with Crippen LogP contribution in [0.2, 0.25) is 0 Å². The molecule has 1 aromatic carbocycles. The first-order valence-corrected chi connectivity index (χ1v) is 8.60. The van der Waals surface area contributed by atoms with E-state index in [-0.39, 0.29) is 0 Å². The van der Waals surface area contributed by atoms with Gasteiger partial charge in [0, 0.05) is 55.0 Å². The second-order valence-corrected chi connectivity index (χ2v) is 6.84. The normalized spacial score (nSPS) is 10.7. The van der Waals surface area contributed by atoms with Crippen molar-refractivity contribution in [2.45, 2.75) is 0 Å². The minimum Gasteiger partial charge on any atom is -0.264 e. The van der Waals surface area contributed by atoms with Crippen molar-refractivity contribution in [1.82, 2.24) is 9.97 Å². The van der Waals surface area contributed by atoms with Gasteiger partial charge in [0.2, 0.25) is 0 Å². The van der Waals surface area contributed by atoms with Crippen LogP contribution >= 0.6 is 22.7 Å². The van der Waals surface area contributed by atoms with Gasteiger partial charge in [0.1, 0.15) is 0 Å². The Morgan fingerprint density at radius 1 is 0.682 bits per heavy atom. The van der Waals surface area contributed by atoms with Gasteiger partial charge in [-0.05, 0) is 29.6 Å². The average molecular weight is 320 g/mol. The maximum atomic E-state index is 4.14. The molecule has 2 nitrogen and oxygen atoms in total. The number of aromatic nitrogens is 2. The third kappa shape index (κ3) is 2.47. The van der Waals surface area contributed by atoms with Crippen molar-refractivity contribution in [3.8, 4) is 0 Å². The fraction of sp³-hybridized carbons (Fsp3) is 0. The van der Waals surface area contributed by atoms with E-state index in [1.165, 1.54) is 30.3 Å². The largest absolute Gasteiger partial charge is 0.264 e. The van der Waals surface area contributed by atoms with Crippen LogP contribution in [0.15, 0.2) is 72.6 Å². The van der Waals surface area contributed by atoms with Crippen LogP contribution in [0.5, 0.6) is 0 Å². The molecular formula is C18H12N2S2. The number of rotatable bonds is 0. The number of thiophene rings is 2. The molecule has 4 heterocycles. The van der Waals surface area contributed by atoms with E-state index < -0.39 is 0 Å². The van der Waals surface area contributed by atoms with Crippen LogP contribution < -0.4 is 0 Å². The molecule has 0 amide bonds. The molecule has 0 saturated carbocycles. The number of benzene rings is 1. The van der Waals surface area contributed by atoms with Gasteiger partial charge >= 0.3 is 0 Å². The number of fused-ring (bicyclic) bond motifs is 4. The number of hydrogen-bond donors (Lipinski definition) is 0. The van der Waals surface area contributed by atoms with E-state index in [1.807, 2.05) is 42.2 Å². The molecule has 0 radical (unpaired) electrons. The first-order valence-electron chi connectivity index (χ1n) is 6.90. The summed E-state index contributed by atoms with van der Waals surface area (Å²) >= 11 is 3.57. The first kappa shape index (κ1) is 13.4. The molecule has 0 atom stereocenters. The van der Waals surface area contributed by atoms with E-state index in [2.05, 4.69) is 51.7 Å². The molecule has 0 aliphatic heterocycles. The Hall–Kier alpha value is -2.30. The predicted octanol–water partition coefficient (Wildman–Crippen LogP) is 5.75. The zero-order valence-electron chi connectivity index (χ0n) is 11.6. The molecule has 0 unspecified atom stereocenters. The van der Waals surface area contributed by atoms with Crippen molar-refractivity contribution in [1.29, 1.82) is 0 Å². The lowest BCUT2D eigenvalue weighted by atomic mass is 10.2. The molecule has 4 aromatic heterocycles. The molecular weight excluding hydrogens is 308 g/mol. The summed E-state index contributed by atoms with van der Waals surface area (Å²) in [5.41, 5.74) is 0. The third-order valence-electron chi connectivity index (χ3n) is 3.43. The second kappa shape index (κ2) is 5.83. The molecule has 22 heavy (non-hydrogen) atoms. The molecule has 0 spiro atoms. The zero-order chi connectivity index (χ0) is 14.8. The summed E-state index contributed by atoms with van der Waals surface area (Å²) in [7, 11) is 0. The van der Waals surface area contributed by atoms with E-state index in [9.17, 15) is 0 Å². The predicted molar refractivity (Wildman–Crippen MR) is 96.7 cm³/mol. The zero-order valence-corrected chi connectivity index (χ0v) is 13.3. The molecule has 0 saturated heterocycles. The highest BCUT2D eigenvalue weighted by Crippen LogP contribution is 2.32. The standard InChI is InChI=1S/C11H7NS.C7H5NS/c1-2-4-10-8(3-1)9-7-12-6-5-11(9)13-10;1-3-8-5-6-2-4-9-7(1)6/h1-7H;1-5H. The maximum Gasteiger partial charge on any atom is 0.0386 e. The van der Waals surface area contributed by atoms with Crippen molar-refractivity contribution in [2.75, 3.05) is 0 Å². The molecule has 0 bridgehead atoms. The molecule has 106 valence electrons. The Morgan fingerprint density at radius 2 is 1.45 bits per heavy atom. The van der Waals surface area contributed by atoms with Crippen LogP contribution in [0, 0.1) is 0 Å². The fourth-order valence-corrected chi connectivity index (χ4v) is 4.21. The van der Waals surface area contributed by atoms with E-state index in [0.29, 0.717) is 0 Å². The highest BCUT2D eigenvalue weighted by atomic mass is 32.1. The Labute approximate surface area is 135 Å². The number of pyridine rings is 2.